The van der Waals surface area contributed by atoms with Gasteiger partial charge in [-0.05, 0) is 52.9 Å². The van der Waals surface area contributed by atoms with Crippen molar-refractivity contribution in [3.63, 3.8) is 0 Å². The Kier molecular flexibility index (Phi) is 3.16. The average Bonchev–Trinajstić information content (AvgIpc) is 2.94. The second kappa shape index (κ2) is 4.78. The van der Waals surface area contributed by atoms with Gasteiger partial charge in [-0.2, -0.15) is 0 Å². The molecule has 1 saturated heterocycles. The number of aryl methyl sites for hydroxylation is 1. The summed E-state index contributed by atoms with van der Waals surface area (Å²) >= 11 is 3.42. The largest absolute Gasteiger partial charge is 0.381 e. The zero-order chi connectivity index (χ0) is 11.7. The molecule has 0 saturated carbocycles. The standard InChI is InChI=1S/C13H15BrN2O/c14-12-2-1-11-4-7-16(13(11)15-12)6-3-10-5-8-17-9-10/h1-2,4,7,10H,3,5-6,8-9H2. The molecule has 0 radical (unpaired) electrons. The maximum atomic E-state index is 5.40. The van der Waals surface area contributed by atoms with Gasteiger partial charge in [-0.3, -0.25) is 0 Å². The molecule has 1 atom stereocenters. The maximum Gasteiger partial charge on any atom is 0.141 e. The van der Waals surface area contributed by atoms with E-state index in [1.807, 2.05) is 6.07 Å². The fraction of sp³-hybridized carbons (Fsp3) is 0.462. The Morgan fingerprint density at radius 1 is 1.41 bits per heavy atom. The molecule has 0 spiro atoms. The van der Waals surface area contributed by atoms with Crippen LogP contribution in [0.5, 0.6) is 0 Å². The molecule has 0 aliphatic carbocycles. The predicted octanol–water partition coefficient (Wildman–Crippen LogP) is 3.23. The van der Waals surface area contributed by atoms with Crippen LogP contribution in [0, 0.1) is 5.92 Å². The number of ether oxygens (including phenoxy) is 1. The van der Waals surface area contributed by atoms with Crippen LogP contribution < -0.4 is 0 Å². The molecule has 17 heavy (non-hydrogen) atoms. The number of hydrogen-bond acceptors (Lipinski definition) is 2. The van der Waals surface area contributed by atoms with Gasteiger partial charge < -0.3 is 9.30 Å². The van der Waals surface area contributed by atoms with Crippen LogP contribution in [0.3, 0.4) is 0 Å². The van der Waals surface area contributed by atoms with Gasteiger partial charge in [0.15, 0.2) is 0 Å². The molecule has 1 aliphatic rings. The zero-order valence-electron chi connectivity index (χ0n) is 9.60. The summed E-state index contributed by atoms with van der Waals surface area (Å²) in [4.78, 5) is 4.53. The molecule has 3 rings (SSSR count). The first-order valence-corrected chi connectivity index (χ1v) is 6.81. The van der Waals surface area contributed by atoms with Crippen LogP contribution in [0.4, 0.5) is 0 Å². The van der Waals surface area contributed by atoms with E-state index in [0.717, 1.165) is 35.9 Å². The van der Waals surface area contributed by atoms with E-state index in [9.17, 15) is 0 Å². The van der Waals surface area contributed by atoms with E-state index in [1.54, 1.807) is 0 Å². The summed E-state index contributed by atoms with van der Waals surface area (Å²) in [6, 6.07) is 6.21. The summed E-state index contributed by atoms with van der Waals surface area (Å²) in [5.41, 5.74) is 1.07. The van der Waals surface area contributed by atoms with Crippen molar-refractivity contribution in [3.05, 3.63) is 29.0 Å². The summed E-state index contributed by atoms with van der Waals surface area (Å²) in [6.07, 6.45) is 4.51. The number of fused-ring (bicyclic) bond motifs is 1. The highest BCUT2D eigenvalue weighted by Crippen LogP contribution is 2.21. The summed E-state index contributed by atoms with van der Waals surface area (Å²) < 4.78 is 8.53. The first-order chi connectivity index (χ1) is 8.33. The quantitative estimate of drug-likeness (QED) is 0.813. The highest BCUT2D eigenvalue weighted by Gasteiger charge is 2.15. The van der Waals surface area contributed by atoms with Crippen LogP contribution in [0.1, 0.15) is 12.8 Å². The van der Waals surface area contributed by atoms with Crippen molar-refractivity contribution in [2.24, 2.45) is 5.92 Å². The van der Waals surface area contributed by atoms with Gasteiger partial charge >= 0.3 is 0 Å². The molecule has 2 aromatic heterocycles. The molecule has 0 amide bonds. The van der Waals surface area contributed by atoms with Crippen LogP contribution in [-0.2, 0) is 11.3 Å². The number of nitrogens with zero attached hydrogens (tertiary/aromatic N) is 2. The molecule has 0 aromatic carbocycles. The lowest BCUT2D eigenvalue weighted by Crippen LogP contribution is -2.06. The predicted molar refractivity (Wildman–Crippen MR) is 71.0 cm³/mol. The Bertz CT molecular complexity index is 517. The zero-order valence-corrected chi connectivity index (χ0v) is 11.2. The molecule has 2 aromatic rings. The third kappa shape index (κ3) is 2.38. The molecular weight excluding hydrogens is 280 g/mol. The van der Waals surface area contributed by atoms with E-state index < -0.39 is 0 Å². The lowest BCUT2D eigenvalue weighted by Gasteiger charge is -2.09. The van der Waals surface area contributed by atoms with Gasteiger partial charge in [-0.1, -0.05) is 0 Å². The van der Waals surface area contributed by atoms with Gasteiger partial charge in [0, 0.05) is 31.3 Å². The fourth-order valence-corrected chi connectivity index (χ4v) is 2.65. The van der Waals surface area contributed by atoms with Gasteiger partial charge in [0.2, 0.25) is 0 Å². The Labute approximate surface area is 109 Å². The van der Waals surface area contributed by atoms with Crippen molar-refractivity contribution in [1.82, 2.24) is 9.55 Å². The van der Waals surface area contributed by atoms with Crippen LogP contribution in [0.2, 0.25) is 0 Å². The van der Waals surface area contributed by atoms with E-state index in [2.05, 4.69) is 43.8 Å². The summed E-state index contributed by atoms with van der Waals surface area (Å²) in [5, 5.41) is 1.20. The summed E-state index contributed by atoms with van der Waals surface area (Å²) in [7, 11) is 0. The van der Waals surface area contributed by atoms with Crippen LogP contribution >= 0.6 is 15.9 Å². The Morgan fingerprint density at radius 2 is 2.35 bits per heavy atom. The first-order valence-electron chi connectivity index (χ1n) is 6.02. The van der Waals surface area contributed by atoms with E-state index in [1.165, 1.54) is 18.2 Å². The van der Waals surface area contributed by atoms with Crippen LogP contribution in [-0.4, -0.2) is 22.8 Å². The molecule has 1 unspecified atom stereocenters. The minimum absolute atomic E-state index is 0.722. The first kappa shape index (κ1) is 11.2. The summed E-state index contributed by atoms with van der Waals surface area (Å²) in [5.74, 6) is 0.722. The van der Waals surface area contributed by atoms with Gasteiger partial charge in [-0.25, -0.2) is 4.98 Å². The number of aromatic nitrogens is 2. The van der Waals surface area contributed by atoms with Gasteiger partial charge in [0.25, 0.3) is 0 Å². The number of hydrogen-bond donors (Lipinski definition) is 0. The molecule has 3 nitrogen and oxygen atoms in total. The van der Waals surface area contributed by atoms with Crippen LogP contribution in [0.15, 0.2) is 29.0 Å². The van der Waals surface area contributed by atoms with Gasteiger partial charge in [-0.15, -0.1) is 0 Å². The third-order valence-electron chi connectivity index (χ3n) is 3.38. The average molecular weight is 295 g/mol. The third-order valence-corrected chi connectivity index (χ3v) is 3.82. The Morgan fingerprint density at radius 3 is 3.18 bits per heavy atom. The minimum Gasteiger partial charge on any atom is -0.381 e. The Balaban J connectivity index is 1.77. The molecule has 1 fully saturated rings. The van der Waals surface area contributed by atoms with Crippen molar-refractivity contribution in [3.8, 4) is 0 Å². The van der Waals surface area contributed by atoms with Crippen molar-refractivity contribution in [2.45, 2.75) is 19.4 Å². The topological polar surface area (TPSA) is 27.1 Å². The molecule has 1 aliphatic heterocycles. The fourth-order valence-electron chi connectivity index (χ4n) is 2.35. The number of rotatable bonds is 3. The lowest BCUT2D eigenvalue weighted by molar-refractivity contribution is 0.183. The number of pyridine rings is 1. The molecular formula is C13H15BrN2O. The Hall–Kier alpha value is -0.870. The van der Waals surface area contributed by atoms with E-state index in [4.69, 9.17) is 4.74 Å². The normalized spacial score (nSPS) is 20.2. The molecule has 0 bridgehead atoms. The van der Waals surface area contributed by atoms with Gasteiger partial charge in [0.1, 0.15) is 10.3 Å². The maximum absolute atomic E-state index is 5.40. The second-order valence-corrected chi connectivity index (χ2v) is 5.39. The molecule has 3 heterocycles. The van der Waals surface area contributed by atoms with E-state index in [-0.39, 0.29) is 0 Å². The second-order valence-electron chi connectivity index (χ2n) is 4.57. The smallest absolute Gasteiger partial charge is 0.141 e. The highest BCUT2D eigenvalue weighted by molar-refractivity contribution is 9.10. The molecule has 0 N–H and O–H groups in total. The van der Waals surface area contributed by atoms with Crippen LogP contribution in [0.25, 0.3) is 11.0 Å². The van der Waals surface area contributed by atoms with Crippen molar-refractivity contribution in [2.75, 3.05) is 13.2 Å². The van der Waals surface area contributed by atoms with E-state index in [0.29, 0.717) is 0 Å². The van der Waals surface area contributed by atoms with E-state index >= 15 is 0 Å². The van der Waals surface area contributed by atoms with Crippen molar-refractivity contribution >= 4 is 27.0 Å². The SMILES string of the molecule is Brc1ccc2ccn(CCC3CCOC3)c2n1. The summed E-state index contributed by atoms with van der Waals surface area (Å²) in [6.45, 7) is 2.89. The molecule has 4 heteroatoms. The monoisotopic (exact) mass is 294 g/mol. The van der Waals surface area contributed by atoms with Crippen molar-refractivity contribution in [1.29, 1.82) is 0 Å². The lowest BCUT2D eigenvalue weighted by atomic mass is 10.1. The minimum atomic E-state index is 0.722. The highest BCUT2D eigenvalue weighted by atomic mass is 79.9. The number of halogens is 1. The molecule has 90 valence electrons. The van der Waals surface area contributed by atoms with Crippen molar-refractivity contribution < 1.29 is 4.74 Å². The van der Waals surface area contributed by atoms with Gasteiger partial charge in [0.05, 0.1) is 0 Å².